The molecule has 2 amide bonds. The summed E-state index contributed by atoms with van der Waals surface area (Å²) in [6.45, 7) is 0. The van der Waals surface area contributed by atoms with Gasteiger partial charge in [-0.1, -0.05) is 70.5 Å². The third-order valence-corrected chi connectivity index (χ3v) is 6.72. The molecule has 0 fully saturated rings. The zero-order valence-corrected chi connectivity index (χ0v) is 19.3. The Labute approximate surface area is 202 Å². The maximum atomic E-state index is 13.7. The van der Waals surface area contributed by atoms with Crippen molar-refractivity contribution in [2.75, 3.05) is 0 Å². The molecule has 164 valence electrons. The van der Waals surface area contributed by atoms with Crippen molar-refractivity contribution in [3.05, 3.63) is 106 Å². The molecule has 6 nitrogen and oxygen atoms in total. The monoisotopic (exact) mass is 508 g/mol. The number of carbonyl (C=O) groups is 2. The SMILES string of the molecule is O=C1C(c2c[nH]c3ccccc23)=C(c2c[nH]c3ccccc23)C(=O)N1/N=C/c1ccccc1Br. The van der Waals surface area contributed by atoms with Crippen molar-refractivity contribution in [3.63, 3.8) is 0 Å². The smallest absolute Gasteiger partial charge is 0.283 e. The fourth-order valence-corrected chi connectivity index (χ4v) is 4.77. The molecule has 0 aliphatic carbocycles. The molecular formula is C27H17BrN4O2. The zero-order chi connectivity index (χ0) is 23.2. The lowest BCUT2D eigenvalue weighted by Gasteiger charge is -2.08. The fraction of sp³-hybridized carbons (Fsp3) is 0. The first kappa shape index (κ1) is 20.4. The molecule has 5 aromatic rings. The molecule has 6 rings (SSSR count). The van der Waals surface area contributed by atoms with Crippen LogP contribution in [0.15, 0.2) is 94.8 Å². The highest BCUT2D eigenvalue weighted by atomic mass is 79.9. The van der Waals surface area contributed by atoms with Gasteiger partial charge in [0.15, 0.2) is 0 Å². The van der Waals surface area contributed by atoms with Crippen LogP contribution in [0.1, 0.15) is 16.7 Å². The van der Waals surface area contributed by atoms with Crippen LogP contribution in [0, 0.1) is 0 Å². The lowest BCUT2D eigenvalue weighted by atomic mass is 9.95. The number of imide groups is 1. The molecule has 1 aliphatic heterocycles. The normalized spacial score (nSPS) is 14.4. The predicted octanol–water partition coefficient (Wildman–Crippen LogP) is 5.73. The van der Waals surface area contributed by atoms with E-state index in [4.69, 9.17) is 0 Å². The van der Waals surface area contributed by atoms with E-state index < -0.39 is 11.8 Å². The van der Waals surface area contributed by atoms with Gasteiger partial charge in [0.25, 0.3) is 11.8 Å². The minimum Gasteiger partial charge on any atom is -0.361 e. The van der Waals surface area contributed by atoms with Crippen molar-refractivity contribution in [3.8, 4) is 0 Å². The number of halogens is 1. The van der Waals surface area contributed by atoms with Gasteiger partial charge in [-0.3, -0.25) is 9.59 Å². The summed E-state index contributed by atoms with van der Waals surface area (Å²) < 4.78 is 0.819. The Kier molecular flexibility index (Phi) is 4.78. The quantitative estimate of drug-likeness (QED) is 0.240. The predicted molar refractivity (Wildman–Crippen MR) is 137 cm³/mol. The summed E-state index contributed by atoms with van der Waals surface area (Å²) in [6.07, 6.45) is 5.08. The number of H-pyrrole nitrogens is 2. The van der Waals surface area contributed by atoms with Crippen molar-refractivity contribution in [1.29, 1.82) is 0 Å². The number of amides is 2. The van der Waals surface area contributed by atoms with Crippen molar-refractivity contribution < 1.29 is 9.59 Å². The van der Waals surface area contributed by atoms with Gasteiger partial charge in [0, 0.05) is 55.4 Å². The van der Waals surface area contributed by atoms with Crippen molar-refractivity contribution >= 4 is 66.9 Å². The molecule has 2 aromatic heterocycles. The van der Waals surface area contributed by atoms with Crippen LogP contribution in [0.3, 0.4) is 0 Å². The van der Waals surface area contributed by atoms with Crippen LogP contribution in [0.4, 0.5) is 0 Å². The van der Waals surface area contributed by atoms with Crippen molar-refractivity contribution in [2.45, 2.75) is 0 Å². The van der Waals surface area contributed by atoms with Crippen molar-refractivity contribution in [1.82, 2.24) is 15.0 Å². The number of nitrogens with zero attached hydrogens (tertiary/aromatic N) is 2. The van der Waals surface area contributed by atoms with Crippen LogP contribution in [-0.4, -0.2) is 33.0 Å². The summed E-state index contributed by atoms with van der Waals surface area (Å²) in [5.74, 6) is -0.920. The standard InChI is InChI=1S/C27H17BrN4O2/c28-21-10-4-1-7-16(21)13-31-32-26(33)24(19-14-29-22-11-5-2-8-17(19)22)25(27(32)34)20-15-30-23-12-6-3-9-18(20)23/h1-15,29-30H/b31-13+. The number of rotatable bonds is 4. The first-order chi connectivity index (χ1) is 16.6. The molecule has 2 N–H and O–H groups in total. The van der Waals surface area contributed by atoms with Gasteiger partial charge in [0.1, 0.15) is 0 Å². The van der Waals surface area contributed by atoms with Gasteiger partial charge in [-0.05, 0) is 18.2 Å². The van der Waals surface area contributed by atoms with Crippen LogP contribution in [0.2, 0.25) is 0 Å². The maximum Gasteiger partial charge on any atom is 0.283 e. The molecule has 0 spiro atoms. The van der Waals surface area contributed by atoms with E-state index in [1.807, 2.05) is 72.8 Å². The topological polar surface area (TPSA) is 81.3 Å². The summed E-state index contributed by atoms with van der Waals surface area (Å²) >= 11 is 3.48. The zero-order valence-electron chi connectivity index (χ0n) is 17.7. The lowest BCUT2D eigenvalue weighted by Crippen LogP contribution is -2.26. The Morgan fingerprint density at radius 3 is 1.76 bits per heavy atom. The summed E-state index contributed by atoms with van der Waals surface area (Å²) in [7, 11) is 0. The minimum absolute atomic E-state index is 0.330. The second kappa shape index (κ2) is 7.97. The average molecular weight is 509 g/mol. The van der Waals surface area contributed by atoms with Gasteiger partial charge in [-0.15, -0.1) is 0 Å². The van der Waals surface area contributed by atoms with E-state index in [2.05, 4.69) is 31.0 Å². The molecule has 0 radical (unpaired) electrons. The lowest BCUT2D eigenvalue weighted by molar-refractivity contribution is -0.135. The number of benzene rings is 3. The number of hydrazone groups is 1. The van der Waals surface area contributed by atoms with Crippen LogP contribution in [-0.2, 0) is 9.59 Å². The molecular weight excluding hydrogens is 492 g/mol. The van der Waals surface area contributed by atoms with Crippen LogP contribution < -0.4 is 0 Å². The Hall–Kier alpha value is -4.23. The van der Waals surface area contributed by atoms with E-state index in [0.29, 0.717) is 22.3 Å². The average Bonchev–Trinajstić information content (AvgIpc) is 3.53. The largest absolute Gasteiger partial charge is 0.361 e. The van der Waals surface area contributed by atoms with Crippen LogP contribution >= 0.6 is 15.9 Å². The van der Waals surface area contributed by atoms with E-state index in [1.165, 1.54) is 6.21 Å². The number of aromatic amines is 2. The molecule has 7 heteroatoms. The summed E-state index contributed by atoms with van der Waals surface area (Å²) in [4.78, 5) is 33.8. The molecule has 3 aromatic carbocycles. The second-order valence-corrected chi connectivity index (χ2v) is 8.79. The molecule has 0 saturated heterocycles. The molecule has 0 unspecified atom stereocenters. The first-order valence-electron chi connectivity index (χ1n) is 10.7. The van der Waals surface area contributed by atoms with Gasteiger partial charge in [-0.25, -0.2) is 0 Å². The highest BCUT2D eigenvalue weighted by Crippen LogP contribution is 2.40. The first-order valence-corrected chi connectivity index (χ1v) is 11.5. The van der Waals surface area contributed by atoms with Gasteiger partial charge in [-0.2, -0.15) is 10.1 Å². The second-order valence-electron chi connectivity index (χ2n) is 7.93. The Morgan fingerprint density at radius 1 is 0.706 bits per heavy atom. The molecule has 0 bridgehead atoms. The van der Waals surface area contributed by atoms with E-state index in [9.17, 15) is 9.59 Å². The summed E-state index contributed by atoms with van der Waals surface area (Å²) in [6, 6.07) is 22.9. The van der Waals surface area contributed by atoms with Gasteiger partial charge >= 0.3 is 0 Å². The summed E-state index contributed by atoms with van der Waals surface area (Å²) in [5.41, 5.74) is 4.54. The highest BCUT2D eigenvalue weighted by Gasteiger charge is 2.41. The van der Waals surface area contributed by atoms with Gasteiger partial charge in [0.05, 0.1) is 17.4 Å². The van der Waals surface area contributed by atoms with Gasteiger partial charge < -0.3 is 9.97 Å². The maximum absolute atomic E-state index is 13.7. The number of hydrogen-bond acceptors (Lipinski definition) is 3. The molecule has 1 aliphatic rings. The fourth-order valence-electron chi connectivity index (χ4n) is 4.38. The van der Waals surface area contributed by atoms with E-state index in [1.54, 1.807) is 12.4 Å². The molecule has 3 heterocycles. The molecule has 34 heavy (non-hydrogen) atoms. The van der Waals surface area contributed by atoms with Gasteiger partial charge in [0.2, 0.25) is 0 Å². The third kappa shape index (κ3) is 3.13. The van der Waals surface area contributed by atoms with E-state index >= 15 is 0 Å². The number of hydrogen-bond donors (Lipinski definition) is 2. The highest BCUT2D eigenvalue weighted by molar-refractivity contribution is 9.10. The molecule has 0 atom stereocenters. The van der Waals surface area contributed by atoms with E-state index in [0.717, 1.165) is 36.9 Å². The van der Waals surface area contributed by atoms with Crippen molar-refractivity contribution in [2.24, 2.45) is 5.10 Å². The van der Waals surface area contributed by atoms with E-state index in [-0.39, 0.29) is 0 Å². The number of fused-ring (bicyclic) bond motifs is 2. The number of carbonyl (C=O) groups excluding carboxylic acids is 2. The van der Waals surface area contributed by atoms with Crippen LogP contribution in [0.25, 0.3) is 33.0 Å². The summed E-state index contributed by atoms with van der Waals surface area (Å²) in [5, 5.41) is 7.00. The Bertz CT molecular complexity index is 1580. The minimum atomic E-state index is -0.460. The Balaban J connectivity index is 1.55. The number of aromatic nitrogens is 2. The number of nitrogens with one attached hydrogen (secondary N) is 2. The Morgan fingerprint density at radius 2 is 1.21 bits per heavy atom. The molecule has 0 saturated carbocycles. The third-order valence-electron chi connectivity index (χ3n) is 6.00. The number of para-hydroxylation sites is 2. The van der Waals surface area contributed by atoms with Crippen LogP contribution in [0.5, 0.6) is 0 Å².